The minimum atomic E-state index is -0.556. The Balaban J connectivity index is 1.81. The lowest BCUT2D eigenvalue weighted by Crippen LogP contribution is -2.40. The van der Waals surface area contributed by atoms with Crippen molar-refractivity contribution >= 4 is 40.9 Å². The van der Waals surface area contributed by atoms with E-state index in [4.69, 9.17) is 4.74 Å². The monoisotopic (exact) mass is 402 g/mol. The van der Waals surface area contributed by atoms with E-state index < -0.39 is 17.4 Å². The molecule has 1 N–H and O–H groups in total. The van der Waals surface area contributed by atoms with E-state index in [2.05, 4.69) is 10.4 Å². The van der Waals surface area contributed by atoms with Gasteiger partial charge in [0.15, 0.2) is 0 Å². The van der Waals surface area contributed by atoms with Crippen LogP contribution in [-0.4, -0.2) is 47.0 Å². The smallest absolute Gasteiger partial charge is 0.340 e. The van der Waals surface area contributed by atoms with Gasteiger partial charge in [0.05, 0.1) is 34.7 Å². The number of fused-ring (bicyclic) bond motifs is 1. The summed E-state index contributed by atoms with van der Waals surface area (Å²) in [5.41, 5.74) is 0.162. The first-order valence-corrected chi connectivity index (χ1v) is 9.46. The molecule has 0 fully saturated rings. The van der Waals surface area contributed by atoms with Gasteiger partial charge in [0, 0.05) is 7.05 Å². The maximum absolute atomic E-state index is 12.7. The highest BCUT2D eigenvalue weighted by molar-refractivity contribution is 8.00. The van der Waals surface area contributed by atoms with E-state index in [9.17, 15) is 19.2 Å². The molecule has 28 heavy (non-hydrogen) atoms. The van der Waals surface area contributed by atoms with Gasteiger partial charge in [0.25, 0.3) is 5.56 Å². The van der Waals surface area contributed by atoms with E-state index in [0.717, 1.165) is 4.68 Å². The average Bonchev–Trinajstić information content (AvgIpc) is 2.67. The molecule has 0 atom stereocenters. The van der Waals surface area contributed by atoms with Crippen molar-refractivity contribution in [1.29, 1.82) is 0 Å². The average molecular weight is 402 g/mol. The lowest BCUT2D eigenvalue weighted by molar-refractivity contribution is -0.117. The molecule has 0 bridgehead atoms. The van der Waals surface area contributed by atoms with Crippen LogP contribution in [0, 0.1) is 0 Å². The molecule has 9 nitrogen and oxygen atoms in total. The second-order valence-corrected chi connectivity index (χ2v) is 6.89. The number of hydrogen-bond donors (Lipinski definition) is 1. The number of aromatic nitrogens is 2. The number of nitrogens with one attached hydrogen (secondary N) is 1. The predicted molar refractivity (Wildman–Crippen MR) is 104 cm³/mol. The van der Waals surface area contributed by atoms with Crippen LogP contribution >= 0.6 is 11.8 Å². The van der Waals surface area contributed by atoms with Crippen LogP contribution in [0.4, 0.5) is 11.4 Å². The quantitative estimate of drug-likeness (QED) is 0.746. The highest BCUT2D eigenvalue weighted by Gasteiger charge is 2.26. The molecule has 0 aliphatic carbocycles. The molecule has 10 heteroatoms. The summed E-state index contributed by atoms with van der Waals surface area (Å²) in [7, 11) is 1.52. The Morgan fingerprint density at radius 2 is 2.04 bits per heavy atom. The number of carbonyl (C=O) groups is 3. The third-order valence-electron chi connectivity index (χ3n) is 4.04. The molecular weight excluding hydrogens is 384 g/mol. The van der Waals surface area contributed by atoms with Crippen LogP contribution in [0.15, 0.2) is 40.2 Å². The second kappa shape index (κ2) is 8.26. The van der Waals surface area contributed by atoms with Crippen molar-refractivity contribution in [2.45, 2.75) is 18.4 Å². The molecule has 2 heterocycles. The van der Waals surface area contributed by atoms with E-state index in [1.165, 1.54) is 36.0 Å². The van der Waals surface area contributed by atoms with Gasteiger partial charge in [-0.05, 0) is 19.1 Å². The summed E-state index contributed by atoms with van der Waals surface area (Å²) in [4.78, 5) is 50.8. The van der Waals surface area contributed by atoms with Crippen molar-refractivity contribution < 1.29 is 19.1 Å². The molecule has 0 saturated heterocycles. The second-order valence-electron chi connectivity index (χ2n) is 5.88. The summed E-state index contributed by atoms with van der Waals surface area (Å²) < 4.78 is 5.96. The Kier molecular flexibility index (Phi) is 5.78. The number of hydrogen-bond acceptors (Lipinski definition) is 7. The Morgan fingerprint density at radius 3 is 2.79 bits per heavy atom. The van der Waals surface area contributed by atoms with Gasteiger partial charge in [-0.1, -0.05) is 12.1 Å². The van der Waals surface area contributed by atoms with Crippen LogP contribution in [0.3, 0.4) is 0 Å². The Bertz CT molecular complexity index is 1000. The molecule has 146 valence electrons. The molecule has 1 aliphatic heterocycles. The molecule has 1 aromatic heterocycles. The van der Waals surface area contributed by atoms with Crippen molar-refractivity contribution in [3.8, 4) is 0 Å². The number of carbonyl (C=O) groups excluding carboxylic acids is 3. The first-order valence-electron chi connectivity index (χ1n) is 8.47. The fraction of sp³-hybridized carbons (Fsp3) is 0.278. The molecular formula is C18H18N4O5S. The van der Waals surface area contributed by atoms with E-state index >= 15 is 0 Å². The third-order valence-corrected chi connectivity index (χ3v) is 5.04. The summed E-state index contributed by atoms with van der Waals surface area (Å²) in [5, 5.41) is 6.61. The van der Waals surface area contributed by atoms with Crippen LogP contribution in [-0.2, 0) is 20.9 Å². The first kappa shape index (κ1) is 19.6. The maximum Gasteiger partial charge on any atom is 0.340 e. The topological polar surface area (TPSA) is 111 Å². The van der Waals surface area contributed by atoms with Crippen molar-refractivity contribution in [3.05, 3.63) is 46.4 Å². The lowest BCUT2D eigenvalue weighted by atomic mass is 10.2. The molecule has 1 aromatic carbocycles. The first-order chi connectivity index (χ1) is 13.4. The SMILES string of the molecule is CCOC(=O)c1ccccc1NC(=O)Cn1ncc2c(c1=O)N(C)C(=O)CS2. The zero-order valence-corrected chi connectivity index (χ0v) is 16.1. The number of esters is 1. The van der Waals surface area contributed by atoms with Crippen molar-refractivity contribution in [2.75, 3.05) is 29.6 Å². The summed E-state index contributed by atoms with van der Waals surface area (Å²) in [6.45, 7) is 1.53. The Hall–Kier alpha value is -3.14. The number of para-hydroxylation sites is 1. The van der Waals surface area contributed by atoms with Crippen LogP contribution < -0.4 is 15.8 Å². The van der Waals surface area contributed by atoms with Crippen LogP contribution in [0.5, 0.6) is 0 Å². The molecule has 0 radical (unpaired) electrons. The van der Waals surface area contributed by atoms with Gasteiger partial charge in [-0.15, -0.1) is 11.8 Å². The predicted octanol–water partition coefficient (Wildman–Crippen LogP) is 1.13. The van der Waals surface area contributed by atoms with Crippen LogP contribution in [0.25, 0.3) is 0 Å². The normalized spacial score (nSPS) is 13.1. The van der Waals surface area contributed by atoms with E-state index in [1.807, 2.05) is 0 Å². The van der Waals surface area contributed by atoms with Crippen LogP contribution in [0.1, 0.15) is 17.3 Å². The minimum absolute atomic E-state index is 0.194. The fourth-order valence-electron chi connectivity index (χ4n) is 2.66. The number of amides is 2. The maximum atomic E-state index is 12.7. The largest absolute Gasteiger partial charge is 0.462 e. The fourth-order valence-corrected chi connectivity index (χ4v) is 3.61. The van der Waals surface area contributed by atoms with Gasteiger partial charge in [0.1, 0.15) is 12.2 Å². The lowest BCUT2D eigenvalue weighted by Gasteiger charge is -2.24. The number of ether oxygens (including phenoxy) is 1. The summed E-state index contributed by atoms with van der Waals surface area (Å²) >= 11 is 1.24. The zero-order valence-electron chi connectivity index (χ0n) is 15.3. The molecule has 2 amide bonds. The van der Waals surface area contributed by atoms with Crippen molar-refractivity contribution in [1.82, 2.24) is 9.78 Å². The van der Waals surface area contributed by atoms with Gasteiger partial charge >= 0.3 is 5.97 Å². The Morgan fingerprint density at radius 1 is 1.29 bits per heavy atom. The van der Waals surface area contributed by atoms with E-state index in [1.54, 1.807) is 25.1 Å². The van der Waals surface area contributed by atoms with Gasteiger partial charge in [-0.25, -0.2) is 9.48 Å². The number of nitrogens with zero attached hydrogens (tertiary/aromatic N) is 3. The van der Waals surface area contributed by atoms with Gasteiger partial charge in [0.2, 0.25) is 11.8 Å². The highest BCUT2D eigenvalue weighted by Crippen LogP contribution is 2.30. The molecule has 0 unspecified atom stereocenters. The minimum Gasteiger partial charge on any atom is -0.462 e. The molecule has 2 aromatic rings. The number of anilines is 2. The van der Waals surface area contributed by atoms with E-state index in [0.29, 0.717) is 4.90 Å². The standard InChI is InChI=1S/C18H18N4O5S/c1-3-27-18(26)11-6-4-5-7-12(11)20-14(23)9-22-17(25)16-13(8-19-22)28-10-15(24)21(16)2/h4-8H,3,9-10H2,1-2H3,(H,20,23). The number of benzene rings is 1. The summed E-state index contributed by atoms with van der Waals surface area (Å²) in [6.07, 6.45) is 1.46. The molecule has 0 spiro atoms. The highest BCUT2D eigenvalue weighted by atomic mass is 32.2. The van der Waals surface area contributed by atoms with E-state index in [-0.39, 0.29) is 41.7 Å². The summed E-state index contributed by atoms with van der Waals surface area (Å²) in [5.74, 6) is -1.05. The van der Waals surface area contributed by atoms with Gasteiger partial charge in [-0.3, -0.25) is 14.4 Å². The van der Waals surface area contributed by atoms with Crippen molar-refractivity contribution in [3.63, 3.8) is 0 Å². The number of thioether (sulfide) groups is 1. The van der Waals surface area contributed by atoms with Crippen LogP contribution in [0.2, 0.25) is 0 Å². The summed E-state index contributed by atoms with van der Waals surface area (Å²) in [6, 6.07) is 6.42. The Labute approximate surface area is 164 Å². The molecule has 3 rings (SSSR count). The molecule has 0 saturated carbocycles. The third kappa shape index (κ3) is 3.91. The number of rotatable bonds is 5. The van der Waals surface area contributed by atoms with Crippen molar-refractivity contribution in [2.24, 2.45) is 0 Å². The molecule has 1 aliphatic rings. The van der Waals surface area contributed by atoms with Gasteiger partial charge in [-0.2, -0.15) is 5.10 Å². The zero-order chi connectivity index (χ0) is 20.3. The van der Waals surface area contributed by atoms with Gasteiger partial charge < -0.3 is 15.0 Å².